The van der Waals surface area contributed by atoms with Crippen LogP contribution in [0.5, 0.6) is 0 Å². The summed E-state index contributed by atoms with van der Waals surface area (Å²) in [4.78, 5) is -0.526. The highest BCUT2D eigenvalue weighted by molar-refractivity contribution is 7.89. The van der Waals surface area contributed by atoms with Crippen molar-refractivity contribution >= 4 is 21.6 Å². The molecule has 0 aromatic heterocycles. The van der Waals surface area contributed by atoms with Crippen molar-refractivity contribution in [3.05, 3.63) is 28.8 Å². The van der Waals surface area contributed by atoms with Gasteiger partial charge in [-0.05, 0) is 37.0 Å². The van der Waals surface area contributed by atoms with Gasteiger partial charge in [-0.15, -0.1) is 0 Å². The molecule has 22 heavy (non-hydrogen) atoms. The van der Waals surface area contributed by atoms with Gasteiger partial charge in [0.1, 0.15) is 4.90 Å². The zero-order chi connectivity index (χ0) is 16.5. The molecule has 0 spiro atoms. The van der Waals surface area contributed by atoms with Crippen LogP contribution in [0.15, 0.2) is 23.1 Å². The van der Waals surface area contributed by atoms with Crippen molar-refractivity contribution in [3.63, 3.8) is 0 Å². The first-order valence-corrected chi connectivity index (χ1v) is 8.86. The fourth-order valence-electron chi connectivity index (χ4n) is 2.64. The van der Waals surface area contributed by atoms with E-state index in [9.17, 15) is 21.6 Å². The molecule has 0 heterocycles. The summed E-state index contributed by atoms with van der Waals surface area (Å²) in [6.45, 7) is 1.93. The maximum atomic E-state index is 12.8. The maximum Gasteiger partial charge on any atom is 0.416 e. The molecule has 0 aliphatic heterocycles. The third-order valence-corrected chi connectivity index (χ3v) is 5.94. The van der Waals surface area contributed by atoms with Crippen molar-refractivity contribution in [2.75, 3.05) is 0 Å². The predicted molar refractivity (Wildman–Crippen MR) is 78.2 cm³/mol. The summed E-state index contributed by atoms with van der Waals surface area (Å²) >= 11 is 5.80. The van der Waals surface area contributed by atoms with Crippen LogP contribution in [0, 0.1) is 5.92 Å². The standard InChI is InChI=1S/C14H17ClF3NO2S/c1-9-4-2-3-5-12(9)19-22(20,21)13-8-10(14(16,17)18)6-7-11(13)15/h6-9,12,19H,2-5H2,1H3/t9-,12+/m1/s1. The van der Waals surface area contributed by atoms with Crippen molar-refractivity contribution in [2.45, 2.75) is 49.7 Å². The fourth-order valence-corrected chi connectivity index (χ4v) is 4.54. The van der Waals surface area contributed by atoms with Crippen LogP contribution in [0.1, 0.15) is 38.2 Å². The van der Waals surface area contributed by atoms with Crippen LogP contribution in [-0.4, -0.2) is 14.5 Å². The van der Waals surface area contributed by atoms with Gasteiger partial charge in [0.25, 0.3) is 0 Å². The molecule has 8 heteroatoms. The molecule has 2 rings (SSSR count). The molecule has 124 valence electrons. The molecule has 3 nitrogen and oxygen atoms in total. The Morgan fingerprint density at radius 3 is 2.45 bits per heavy atom. The molecule has 1 N–H and O–H groups in total. The Hall–Kier alpha value is -0.790. The van der Waals surface area contributed by atoms with Crippen molar-refractivity contribution in [2.24, 2.45) is 5.92 Å². The maximum absolute atomic E-state index is 12.8. The second-order valence-electron chi connectivity index (χ2n) is 5.63. The van der Waals surface area contributed by atoms with Crippen molar-refractivity contribution in [1.29, 1.82) is 0 Å². The summed E-state index contributed by atoms with van der Waals surface area (Å²) in [6.07, 6.45) is -1.12. The van der Waals surface area contributed by atoms with Gasteiger partial charge in [-0.25, -0.2) is 13.1 Å². The van der Waals surface area contributed by atoms with Gasteiger partial charge in [-0.1, -0.05) is 31.4 Å². The number of hydrogen-bond acceptors (Lipinski definition) is 2. The first kappa shape index (κ1) is 17.6. The smallest absolute Gasteiger partial charge is 0.208 e. The minimum Gasteiger partial charge on any atom is -0.208 e. The Bertz CT molecular complexity index is 646. The minimum absolute atomic E-state index is 0.146. The Kier molecular flexibility index (Phi) is 5.09. The van der Waals surface area contributed by atoms with Gasteiger partial charge in [0, 0.05) is 6.04 Å². The summed E-state index contributed by atoms with van der Waals surface area (Å²) in [5.74, 6) is 0.146. The van der Waals surface area contributed by atoms with E-state index >= 15 is 0 Å². The molecule has 0 amide bonds. The molecule has 1 aromatic rings. The van der Waals surface area contributed by atoms with Crippen LogP contribution in [-0.2, 0) is 16.2 Å². The van der Waals surface area contributed by atoms with Crippen LogP contribution in [0.2, 0.25) is 5.02 Å². The molecule has 1 aromatic carbocycles. The van der Waals surface area contributed by atoms with E-state index in [-0.39, 0.29) is 17.0 Å². The Balaban J connectivity index is 2.32. The Morgan fingerprint density at radius 2 is 1.86 bits per heavy atom. The Morgan fingerprint density at radius 1 is 1.23 bits per heavy atom. The average molecular weight is 356 g/mol. The summed E-state index contributed by atoms with van der Waals surface area (Å²) in [7, 11) is -4.09. The summed E-state index contributed by atoms with van der Waals surface area (Å²) in [5, 5.41) is -0.219. The highest BCUT2D eigenvalue weighted by atomic mass is 35.5. The number of halogens is 4. The number of sulfonamides is 1. The molecule has 0 unspecified atom stereocenters. The van der Waals surface area contributed by atoms with Crippen LogP contribution < -0.4 is 4.72 Å². The molecule has 1 fully saturated rings. The van der Waals surface area contributed by atoms with E-state index in [4.69, 9.17) is 11.6 Å². The van der Waals surface area contributed by atoms with Gasteiger partial charge in [0.2, 0.25) is 10.0 Å². The van der Waals surface area contributed by atoms with Gasteiger partial charge < -0.3 is 0 Å². The topological polar surface area (TPSA) is 46.2 Å². The number of rotatable bonds is 3. The second kappa shape index (κ2) is 6.37. The molecule has 0 radical (unpaired) electrons. The zero-order valence-electron chi connectivity index (χ0n) is 12.0. The van der Waals surface area contributed by atoms with Gasteiger partial charge in [-0.3, -0.25) is 0 Å². The molecule has 1 aliphatic rings. The second-order valence-corrected chi connectivity index (χ2v) is 7.72. The van der Waals surface area contributed by atoms with E-state index in [2.05, 4.69) is 4.72 Å². The number of benzene rings is 1. The number of alkyl halides is 3. The lowest BCUT2D eigenvalue weighted by Crippen LogP contribution is -2.41. The van der Waals surface area contributed by atoms with E-state index in [0.717, 1.165) is 31.4 Å². The van der Waals surface area contributed by atoms with E-state index in [1.807, 2.05) is 6.92 Å². The van der Waals surface area contributed by atoms with E-state index in [0.29, 0.717) is 12.5 Å². The first-order valence-electron chi connectivity index (χ1n) is 7.00. The number of nitrogens with one attached hydrogen (secondary N) is 1. The molecule has 0 bridgehead atoms. The van der Waals surface area contributed by atoms with Gasteiger partial charge >= 0.3 is 6.18 Å². The molecular weight excluding hydrogens is 339 g/mol. The molecule has 1 saturated carbocycles. The van der Waals surface area contributed by atoms with Crippen LogP contribution >= 0.6 is 11.6 Å². The van der Waals surface area contributed by atoms with Gasteiger partial charge in [0.05, 0.1) is 10.6 Å². The Labute approximate surface area is 132 Å². The largest absolute Gasteiger partial charge is 0.416 e. The van der Waals surface area contributed by atoms with Crippen molar-refractivity contribution in [3.8, 4) is 0 Å². The van der Waals surface area contributed by atoms with E-state index in [1.165, 1.54) is 0 Å². The third kappa shape index (κ3) is 3.94. The monoisotopic (exact) mass is 355 g/mol. The summed E-state index contributed by atoms with van der Waals surface area (Å²) in [6, 6.07) is 2.04. The van der Waals surface area contributed by atoms with Gasteiger partial charge in [-0.2, -0.15) is 13.2 Å². The third-order valence-electron chi connectivity index (χ3n) is 3.97. The molecule has 2 atom stereocenters. The highest BCUT2D eigenvalue weighted by Gasteiger charge is 2.34. The van der Waals surface area contributed by atoms with Crippen LogP contribution in [0.25, 0.3) is 0 Å². The zero-order valence-corrected chi connectivity index (χ0v) is 13.5. The summed E-state index contributed by atoms with van der Waals surface area (Å²) < 4.78 is 65.5. The average Bonchev–Trinajstić information content (AvgIpc) is 2.40. The van der Waals surface area contributed by atoms with Crippen LogP contribution in [0.3, 0.4) is 0 Å². The predicted octanol–water partition coefficient (Wildman–Crippen LogP) is 4.22. The van der Waals surface area contributed by atoms with Crippen molar-refractivity contribution < 1.29 is 21.6 Å². The summed E-state index contributed by atoms with van der Waals surface area (Å²) in [5.41, 5.74) is -1.03. The lowest BCUT2D eigenvalue weighted by atomic mass is 9.87. The molecular formula is C14H17ClF3NO2S. The molecule has 0 saturated heterocycles. The normalized spacial score (nSPS) is 23.5. The quantitative estimate of drug-likeness (QED) is 0.882. The minimum atomic E-state index is -4.62. The number of hydrogen-bond donors (Lipinski definition) is 1. The van der Waals surface area contributed by atoms with E-state index in [1.54, 1.807) is 0 Å². The van der Waals surface area contributed by atoms with Gasteiger partial charge in [0.15, 0.2) is 0 Å². The first-order chi connectivity index (χ1) is 10.1. The lowest BCUT2D eigenvalue weighted by molar-refractivity contribution is -0.137. The van der Waals surface area contributed by atoms with Crippen LogP contribution in [0.4, 0.5) is 13.2 Å². The fraction of sp³-hybridized carbons (Fsp3) is 0.571. The highest BCUT2D eigenvalue weighted by Crippen LogP contribution is 2.34. The molecule has 1 aliphatic carbocycles. The van der Waals surface area contributed by atoms with E-state index < -0.39 is 26.7 Å². The lowest BCUT2D eigenvalue weighted by Gasteiger charge is -2.29. The SMILES string of the molecule is C[C@@H]1CCCC[C@@H]1NS(=O)(=O)c1cc(C(F)(F)F)ccc1Cl. The van der Waals surface area contributed by atoms with Crippen molar-refractivity contribution in [1.82, 2.24) is 4.72 Å².